The van der Waals surface area contributed by atoms with Crippen LogP contribution in [0.4, 0.5) is 4.39 Å². The van der Waals surface area contributed by atoms with Crippen molar-refractivity contribution in [3.05, 3.63) is 65.5 Å². The lowest BCUT2D eigenvalue weighted by atomic mass is 10.2. The van der Waals surface area contributed by atoms with Gasteiger partial charge in [0.1, 0.15) is 18.2 Å². The molecule has 0 heterocycles. The highest BCUT2D eigenvalue weighted by molar-refractivity contribution is 5.79. The van der Waals surface area contributed by atoms with Gasteiger partial charge in [0.15, 0.2) is 0 Å². The first-order valence-corrected chi connectivity index (χ1v) is 5.83. The summed E-state index contributed by atoms with van der Waals surface area (Å²) >= 11 is 0. The van der Waals surface area contributed by atoms with Gasteiger partial charge in [0.05, 0.1) is 13.3 Å². The molecule has 98 valence electrons. The molecule has 0 amide bonds. The van der Waals surface area contributed by atoms with Crippen LogP contribution < -0.4 is 4.74 Å². The standard InChI is InChI=1S/C15H14FNO2/c1-18-15-9-5-3-7-13(15)11-19-17-10-12-6-2-4-8-14(12)16/h2-10H,11H2,1H3. The van der Waals surface area contributed by atoms with Gasteiger partial charge in [0, 0.05) is 11.1 Å². The second kappa shape index (κ2) is 6.54. The summed E-state index contributed by atoms with van der Waals surface area (Å²) in [5.41, 5.74) is 1.28. The number of ether oxygens (including phenoxy) is 1. The summed E-state index contributed by atoms with van der Waals surface area (Å²) < 4.78 is 18.5. The number of methoxy groups -OCH3 is 1. The van der Waals surface area contributed by atoms with Crippen molar-refractivity contribution in [3.8, 4) is 5.75 Å². The average Bonchev–Trinajstić information content (AvgIpc) is 2.45. The van der Waals surface area contributed by atoms with E-state index < -0.39 is 0 Å². The van der Waals surface area contributed by atoms with E-state index in [9.17, 15) is 4.39 Å². The number of benzene rings is 2. The molecule has 0 bridgehead atoms. The van der Waals surface area contributed by atoms with Crippen molar-refractivity contribution in [1.29, 1.82) is 0 Å². The van der Waals surface area contributed by atoms with E-state index in [1.807, 2.05) is 24.3 Å². The van der Waals surface area contributed by atoms with Crippen LogP contribution in [0.5, 0.6) is 5.75 Å². The fraction of sp³-hybridized carbons (Fsp3) is 0.133. The second-order valence-corrected chi connectivity index (χ2v) is 3.84. The predicted octanol–water partition coefficient (Wildman–Crippen LogP) is 3.39. The number of hydrogen-bond donors (Lipinski definition) is 0. The number of rotatable bonds is 5. The molecule has 0 aliphatic heterocycles. The minimum atomic E-state index is -0.327. The summed E-state index contributed by atoms with van der Waals surface area (Å²) in [5, 5.41) is 3.75. The number of hydrogen-bond acceptors (Lipinski definition) is 3. The van der Waals surface area contributed by atoms with Gasteiger partial charge in [0.2, 0.25) is 0 Å². The maximum absolute atomic E-state index is 13.3. The van der Waals surface area contributed by atoms with E-state index in [1.165, 1.54) is 12.3 Å². The van der Waals surface area contributed by atoms with Gasteiger partial charge in [-0.1, -0.05) is 41.6 Å². The maximum atomic E-state index is 13.3. The van der Waals surface area contributed by atoms with Gasteiger partial charge in [0.25, 0.3) is 0 Å². The van der Waals surface area contributed by atoms with Gasteiger partial charge < -0.3 is 9.57 Å². The van der Waals surface area contributed by atoms with Crippen LogP contribution in [0.3, 0.4) is 0 Å². The smallest absolute Gasteiger partial charge is 0.145 e. The van der Waals surface area contributed by atoms with Crippen LogP contribution in [0.15, 0.2) is 53.7 Å². The molecular formula is C15H14FNO2. The average molecular weight is 259 g/mol. The minimum absolute atomic E-state index is 0.273. The van der Waals surface area contributed by atoms with E-state index in [-0.39, 0.29) is 12.4 Å². The summed E-state index contributed by atoms with van der Waals surface area (Å²) in [6.07, 6.45) is 1.35. The van der Waals surface area contributed by atoms with Crippen LogP contribution >= 0.6 is 0 Å². The van der Waals surface area contributed by atoms with E-state index in [1.54, 1.807) is 25.3 Å². The Balaban J connectivity index is 1.95. The molecule has 0 atom stereocenters. The Kier molecular flexibility index (Phi) is 4.50. The lowest BCUT2D eigenvalue weighted by Gasteiger charge is -2.06. The van der Waals surface area contributed by atoms with E-state index in [2.05, 4.69) is 5.16 Å². The van der Waals surface area contributed by atoms with Crippen molar-refractivity contribution in [2.75, 3.05) is 7.11 Å². The van der Waals surface area contributed by atoms with Crippen molar-refractivity contribution in [2.45, 2.75) is 6.61 Å². The third-order valence-electron chi connectivity index (χ3n) is 2.58. The number of oxime groups is 1. The number of nitrogens with zero attached hydrogens (tertiary/aromatic N) is 1. The van der Waals surface area contributed by atoms with Crippen molar-refractivity contribution in [2.24, 2.45) is 5.16 Å². The highest BCUT2D eigenvalue weighted by Crippen LogP contribution is 2.18. The highest BCUT2D eigenvalue weighted by atomic mass is 19.1. The van der Waals surface area contributed by atoms with Crippen molar-refractivity contribution in [1.82, 2.24) is 0 Å². The largest absolute Gasteiger partial charge is 0.496 e. The van der Waals surface area contributed by atoms with Gasteiger partial charge in [-0.05, 0) is 12.1 Å². The summed E-state index contributed by atoms with van der Waals surface area (Å²) in [6.45, 7) is 0.273. The van der Waals surface area contributed by atoms with Crippen LogP contribution in [-0.2, 0) is 11.4 Å². The molecule has 0 aromatic heterocycles. The monoisotopic (exact) mass is 259 g/mol. The molecule has 19 heavy (non-hydrogen) atoms. The number of halogens is 1. The van der Waals surface area contributed by atoms with Gasteiger partial charge in [-0.15, -0.1) is 0 Å². The molecule has 2 aromatic carbocycles. The Morgan fingerprint density at radius 2 is 1.84 bits per heavy atom. The summed E-state index contributed by atoms with van der Waals surface area (Å²) in [6, 6.07) is 13.9. The van der Waals surface area contributed by atoms with Crippen LogP contribution in [0.2, 0.25) is 0 Å². The fourth-order valence-electron chi connectivity index (χ4n) is 1.60. The van der Waals surface area contributed by atoms with Crippen LogP contribution in [0.1, 0.15) is 11.1 Å². The van der Waals surface area contributed by atoms with Crippen LogP contribution in [-0.4, -0.2) is 13.3 Å². The van der Waals surface area contributed by atoms with Crippen LogP contribution in [0, 0.1) is 5.82 Å². The first-order chi connectivity index (χ1) is 9.31. The van der Waals surface area contributed by atoms with Gasteiger partial charge in [-0.25, -0.2) is 4.39 Å². The Morgan fingerprint density at radius 3 is 2.63 bits per heavy atom. The van der Waals surface area contributed by atoms with Gasteiger partial charge >= 0.3 is 0 Å². The topological polar surface area (TPSA) is 30.8 Å². The second-order valence-electron chi connectivity index (χ2n) is 3.84. The zero-order valence-corrected chi connectivity index (χ0v) is 10.5. The molecule has 0 aliphatic rings. The molecule has 0 radical (unpaired) electrons. The zero-order chi connectivity index (χ0) is 13.5. The first-order valence-electron chi connectivity index (χ1n) is 5.83. The molecule has 0 saturated heterocycles. The lowest BCUT2D eigenvalue weighted by Crippen LogP contribution is -1.94. The molecule has 0 unspecified atom stereocenters. The normalized spacial score (nSPS) is 10.6. The quantitative estimate of drug-likeness (QED) is 0.608. The molecule has 0 fully saturated rings. The Bertz CT molecular complexity index is 570. The molecule has 3 nitrogen and oxygen atoms in total. The van der Waals surface area contributed by atoms with Gasteiger partial charge in [-0.2, -0.15) is 0 Å². The molecule has 2 aromatic rings. The first kappa shape index (κ1) is 13.1. The van der Waals surface area contributed by atoms with Crippen molar-refractivity contribution in [3.63, 3.8) is 0 Å². The zero-order valence-electron chi connectivity index (χ0n) is 10.5. The van der Waals surface area contributed by atoms with E-state index in [0.717, 1.165) is 11.3 Å². The molecule has 2 rings (SSSR count). The summed E-state index contributed by atoms with van der Waals surface area (Å²) in [5.74, 6) is 0.413. The third-order valence-corrected chi connectivity index (χ3v) is 2.58. The minimum Gasteiger partial charge on any atom is -0.496 e. The van der Waals surface area contributed by atoms with Crippen molar-refractivity contribution < 1.29 is 14.0 Å². The Labute approximate surface area is 111 Å². The third kappa shape index (κ3) is 3.55. The van der Waals surface area contributed by atoms with Crippen molar-refractivity contribution >= 4 is 6.21 Å². The molecule has 0 spiro atoms. The SMILES string of the molecule is COc1ccccc1CON=Cc1ccccc1F. The molecular weight excluding hydrogens is 245 g/mol. The summed E-state index contributed by atoms with van der Waals surface area (Å²) in [7, 11) is 1.60. The molecule has 0 aliphatic carbocycles. The Hall–Kier alpha value is -2.36. The van der Waals surface area contributed by atoms with E-state index in [0.29, 0.717) is 5.56 Å². The Morgan fingerprint density at radius 1 is 1.11 bits per heavy atom. The van der Waals surface area contributed by atoms with Crippen LogP contribution in [0.25, 0.3) is 0 Å². The number of para-hydroxylation sites is 1. The van der Waals surface area contributed by atoms with E-state index >= 15 is 0 Å². The summed E-state index contributed by atoms with van der Waals surface area (Å²) in [4.78, 5) is 5.14. The molecule has 0 saturated carbocycles. The van der Waals surface area contributed by atoms with E-state index in [4.69, 9.17) is 9.57 Å². The van der Waals surface area contributed by atoms with Gasteiger partial charge in [-0.3, -0.25) is 0 Å². The molecule has 4 heteroatoms. The lowest BCUT2D eigenvalue weighted by molar-refractivity contribution is 0.130. The molecule has 0 N–H and O–H groups in total. The fourth-order valence-corrected chi connectivity index (χ4v) is 1.60. The highest BCUT2D eigenvalue weighted by Gasteiger charge is 2.01. The maximum Gasteiger partial charge on any atom is 0.145 e. The predicted molar refractivity (Wildman–Crippen MR) is 71.8 cm³/mol.